The Morgan fingerprint density at radius 2 is 2.14 bits per heavy atom. The fraction of sp³-hybridized carbons (Fsp3) is 0.812. The molecule has 120 valence electrons. The van der Waals surface area contributed by atoms with Crippen LogP contribution in [0.2, 0.25) is 0 Å². The first-order valence-electron chi connectivity index (χ1n) is 8.10. The molecule has 0 aliphatic carbocycles. The number of piperazine rings is 1. The van der Waals surface area contributed by atoms with Crippen molar-refractivity contribution in [1.82, 2.24) is 20.0 Å². The van der Waals surface area contributed by atoms with Crippen LogP contribution in [0.25, 0.3) is 0 Å². The maximum atomic E-state index is 4.61. The van der Waals surface area contributed by atoms with Crippen molar-refractivity contribution in [1.29, 1.82) is 0 Å². The molecule has 0 saturated carbocycles. The lowest BCUT2D eigenvalue weighted by Crippen LogP contribution is -2.55. The van der Waals surface area contributed by atoms with E-state index in [1.807, 2.05) is 4.68 Å². The Morgan fingerprint density at radius 3 is 2.71 bits per heavy atom. The second kappa shape index (κ2) is 7.25. The van der Waals surface area contributed by atoms with Gasteiger partial charge in [-0.15, -0.1) is 0 Å². The number of nitrogens with one attached hydrogen (secondary N) is 1. The van der Waals surface area contributed by atoms with E-state index in [0.29, 0.717) is 12.1 Å². The van der Waals surface area contributed by atoms with Crippen LogP contribution in [0.1, 0.15) is 45.5 Å². The maximum Gasteiger partial charge on any atom is 0.0767 e. The molecule has 1 N–H and O–H groups in total. The van der Waals surface area contributed by atoms with Gasteiger partial charge in [-0.25, -0.2) is 0 Å². The smallest absolute Gasteiger partial charge is 0.0767 e. The number of hydrogen-bond donors (Lipinski definition) is 1. The van der Waals surface area contributed by atoms with E-state index < -0.39 is 0 Å². The topological polar surface area (TPSA) is 33.1 Å². The van der Waals surface area contributed by atoms with Gasteiger partial charge >= 0.3 is 0 Å². The number of hydrogen-bond acceptors (Lipinski definition) is 3. The van der Waals surface area contributed by atoms with E-state index in [9.17, 15) is 0 Å². The third-order valence-corrected chi connectivity index (χ3v) is 5.31. The summed E-state index contributed by atoms with van der Waals surface area (Å²) in [5, 5.41) is 8.30. The van der Waals surface area contributed by atoms with Crippen molar-refractivity contribution in [2.24, 2.45) is 13.0 Å². The number of rotatable bonds is 5. The minimum absolute atomic E-state index is 0.570. The summed E-state index contributed by atoms with van der Waals surface area (Å²) in [6.07, 6.45) is 2.22. The van der Waals surface area contributed by atoms with Gasteiger partial charge in [0.25, 0.3) is 0 Å². The van der Waals surface area contributed by atoms with E-state index >= 15 is 0 Å². The summed E-state index contributed by atoms with van der Waals surface area (Å²) in [6.45, 7) is 12.2. The summed E-state index contributed by atoms with van der Waals surface area (Å²) in [6, 6.07) is 1.18. The molecule has 0 bridgehead atoms. The molecule has 1 aliphatic rings. The van der Waals surface area contributed by atoms with Crippen LogP contribution in [0.3, 0.4) is 0 Å². The zero-order valence-corrected chi connectivity index (χ0v) is 15.6. The maximum absolute atomic E-state index is 4.61. The summed E-state index contributed by atoms with van der Waals surface area (Å²) >= 11 is 3.74. The van der Waals surface area contributed by atoms with Crippen molar-refractivity contribution < 1.29 is 0 Å². The van der Waals surface area contributed by atoms with Gasteiger partial charge in [0.15, 0.2) is 0 Å². The SMILES string of the molecule is CCc1nn(C)c(CN2CC(CC(C)C)NCC2C)c1Br. The van der Waals surface area contributed by atoms with Gasteiger partial charge < -0.3 is 5.32 Å². The summed E-state index contributed by atoms with van der Waals surface area (Å²) in [7, 11) is 2.05. The lowest BCUT2D eigenvalue weighted by Gasteiger charge is -2.39. The quantitative estimate of drug-likeness (QED) is 0.880. The van der Waals surface area contributed by atoms with Crippen molar-refractivity contribution in [3.63, 3.8) is 0 Å². The summed E-state index contributed by atoms with van der Waals surface area (Å²) in [5.74, 6) is 0.743. The Labute approximate surface area is 137 Å². The van der Waals surface area contributed by atoms with Gasteiger partial charge in [0.05, 0.1) is 15.9 Å². The van der Waals surface area contributed by atoms with Gasteiger partial charge in [0.2, 0.25) is 0 Å². The zero-order chi connectivity index (χ0) is 15.6. The normalized spacial score (nSPS) is 24.0. The third kappa shape index (κ3) is 4.08. The minimum Gasteiger partial charge on any atom is -0.311 e. The van der Waals surface area contributed by atoms with Crippen LogP contribution in [0.5, 0.6) is 0 Å². The molecule has 21 heavy (non-hydrogen) atoms. The molecule has 5 heteroatoms. The average Bonchev–Trinajstić information content (AvgIpc) is 2.69. The molecule has 1 aromatic rings. The molecule has 2 atom stereocenters. The predicted octanol–water partition coefficient (Wildman–Crippen LogP) is 2.95. The van der Waals surface area contributed by atoms with E-state index in [2.05, 4.69) is 66.0 Å². The van der Waals surface area contributed by atoms with Crippen LogP contribution in [0, 0.1) is 5.92 Å². The second-order valence-corrected chi connectivity index (χ2v) is 7.49. The van der Waals surface area contributed by atoms with E-state index in [-0.39, 0.29) is 0 Å². The zero-order valence-electron chi connectivity index (χ0n) is 14.0. The third-order valence-electron chi connectivity index (χ3n) is 4.39. The Kier molecular flexibility index (Phi) is 5.86. The van der Waals surface area contributed by atoms with E-state index in [1.54, 1.807) is 0 Å². The number of halogens is 1. The second-order valence-electron chi connectivity index (χ2n) is 6.70. The fourth-order valence-electron chi connectivity index (χ4n) is 3.13. The van der Waals surface area contributed by atoms with E-state index in [1.165, 1.54) is 16.6 Å². The fourth-order valence-corrected chi connectivity index (χ4v) is 3.87. The molecule has 0 radical (unpaired) electrons. The highest BCUT2D eigenvalue weighted by atomic mass is 79.9. The van der Waals surface area contributed by atoms with E-state index in [0.717, 1.165) is 37.7 Å². The first-order chi connectivity index (χ1) is 9.92. The number of aryl methyl sites for hydroxylation is 2. The predicted molar refractivity (Wildman–Crippen MR) is 91.4 cm³/mol. The molecular formula is C16H29BrN4. The summed E-state index contributed by atoms with van der Waals surface area (Å²) < 4.78 is 3.23. The molecule has 1 saturated heterocycles. The lowest BCUT2D eigenvalue weighted by molar-refractivity contribution is 0.121. The van der Waals surface area contributed by atoms with Crippen molar-refractivity contribution in [2.75, 3.05) is 13.1 Å². The minimum atomic E-state index is 0.570. The van der Waals surface area contributed by atoms with Gasteiger partial charge in [0.1, 0.15) is 0 Å². The van der Waals surface area contributed by atoms with E-state index in [4.69, 9.17) is 0 Å². The highest BCUT2D eigenvalue weighted by molar-refractivity contribution is 9.10. The molecule has 1 aromatic heterocycles. The van der Waals surface area contributed by atoms with Crippen molar-refractivity contribution in [3.05, 3.63) is 15.9 Å². The van der Waals surface area contributed by atoms with Gasteiger partial charge in [-0.1, -0.05) is 20.8 Å². The molecule has 0 aromatic carbocycles. The number of nitrogens with zero attached hydrogens (tertiary/aromatic N) is 3. The van der Waals surface area contributed by atoms with Gasteiger partial charge in [0, 0.05) is 38.8 Å². The summed E-state index contributed by atoms with van der Waals surface area (Å²) in [4.78, 5) is 2.59. The van der Waals surface area contributed by atoms with Crippen LogP contribution >= 0.6 is 15.9 Å². The monoisotopic (exact) mass is 356 g/mol. The van der Waals surface area contributed by atoms with Crippen LogP contribution < -0.4 is 5.32 Å². The van der Waals surface area contributed by atoms with Crippen LogP contribution in [-0.2, 0) is 20.0 Å². The van der Waals surface area contributed by atoms with Gasteiger partial charge in [-0.05, 0) is 41.6 Å². The molecular weight excluding hydrogens is 328 g/mol. The highest BCUT2D eigenvalue weighted by Crippen LogP contribution is 2.24. The van der Waals surface area contributed by atoms with Crippen LogP contribution in [0.4, 0.5) is 0 Å². The lowest BCUT2D eigenvalue weighted by atomic mass is 10.00. The summed E-state index contributed by atoms with van der Waals surface area (Å²) in [5.41, 5.74) is 2.46. The largest absolute Gasteiger partial charge is 0.311 e. The highest BCUT2D eigenvalue weighted by Gasteiger charge is 2.27. The number of aromatic nitrogens is 2. The van der Waals surface area contributed by atoms with Gasteiger partial charge in [-0.3, -0.25) is 9.58 Å². The molecule has 2 rings (SSSR count). The molecule has 2 unspecified atom stereocenters. The standard InChI is InChI=1S/C16H29BrN4/c1-6-14-16(17)15(20(5)19-14)10-21-9-13(7-11(2)3)18-8-12(21)4/h11-13,18H,6-10H2,1-5H3. The Morgan fingerprint density at radius 1 is 1.43 bits per heavy atom. The molecule has 0 spiro atoms. The molecule has 4 nitrogen and oxygen atoms in total. The first kappa shape index (κ1) is 17.0. The molecule has 1 aliphatic heterocycles. The van der Waals surface area contributed by atoms with Crippen molar-refractivity contribution in [2.45, 2.75) is 59.2 Å². The van der Waals surface area contributed by atoms with Crippen molar-refractivity contribution >= 4 is 15.9 Å². The average molecular weight is 357 g/mol. The molecule has 2 heterocycles. The van der Waals surface area contributed by atoms with Crippen LogP contribution in [-0.4, -0.2) is 39.9 Å². The molecule has 0 amide bonds. The van der Waals surface area contributed by atoms with Crippen LogP contribution in [0.15, 0.2) is 4.47 Å². The molecule has 1 fully saturated rings. The Balaban J connectivity index is 2.08. The Hall–Kier alpha value is -0.390. The first-order valence-corrected chi connectivity index (χ1v) is 8.89. The van der Waals surface area contributed by atoms with Crippen molar-refractivity contribution in [3.8, 4) is 0 Å². The Bertz CT molecular complexity index is 469. The van der Waals surface area contributed by atoms with Gasteiger partial charge in [-0.2, -0.15) is 5.10 Å².